The summed E-state index contributed by atoms with van der Waals surface area (Å²) >= 11 is 0. The molecule has 0 saturated carbocycles. The van der Waals surface area contributed by atoms with E-state index in [2.05, 4.69) is 15.0 Å². The zero-order chi connectivity index (χ0) is 16.2. The van der Waals surface area contributed by atoms with Crippen molar-refractivity contribution in [2.75, 3.05) is 18.4 Å². The minimum absolute atomic E-state index is 0.183. The number of halogens is 1. The van der Waals surface area contributed by atoms with Crippen LogP contribution in [-0.4, -0.2) is 35.0 Å². The molecule has 6 nitrogen and oxygen atoms in total. The van der Waals surface area contributed by atoms with Crippen molar-refractivity contribution in [3.63, 3.8) is 0 Å². The van der Waals surface area contributed by atoms with E-state index in [-0.39, 0.29) is 18.2 Å². The first kappa shape index (κ1) is 15.0. The number of hydrogen-bond donors (Lipinski definition) is 1. The van der Waals surface area contributed by atoms with E-state index in [0.29, 0.717) is 18.5 Å². The lowest BCUT2D eigenvalue weighted by Crippen LogP contribution is -2.41. The van der Waals surface area contributed by atoms with Crippen LogP contribution in [0.25, 0.3) is 5.57 Å². The summed E-state index contributed by atoms with van der Waals surface area (Å²) in [6.45, 7) is 0.611. The molecule has 2 aromatic rings. The molecule has 1 aliphatic heterocycles. The van der Waals surface area contributed by atoms with E-state index in [1.165, 1.54) is 23.3 Å². The van der Waals surface area contributed by atoms with Gasteiger partial charge in [0.15, 0.2) is 5.82 Å². The summed E-state index contributed by atoms with van der Waals surface area (Å²) in [7, 11) is 0. The number of aromatic nitrogens is 1. The van der Waals surface area contributed by atoms with Gasteiger partial charge in [-0.3, -0.25) is 14.9 Å². The fourth-order valence-electron chi connectivity index (χ4n) is 2.41. The normalized spacial score (nSPS) is 14.3. The van der Waals surface area contributed by atoms with Crippen LogP contribution < -0.4 is 5.32 Å². The zero-order valence-corrected chi connectivity index (χ0v) is 12.2. The number of rotatable bonds is 2. The standard InChI is InChI=1S/C16H14FN3O3/c17-13-4-2-1-3-12(13)11-5-8-20(9-6-11)16(22)15(21)18-14-7-10-23-19-14/h1-5,7,10H,6,8-9H2,(H,18,19,21). The number of carbonyl (C=O) groups excluding carboxylic acids is 2. The average molecular weight is 315 g/mol. The molecule has 1 aliphatic rings. The van der Waals surface area contributed by atoms with Gasteiger partial charge in [0.05, 0.1) is 0 Å². The molecule has 1 aromatic carbocycles. The molecule has 23 heavy (non-hydrogen) atoms. The summed E-state index contributed by atoms with van der Waals surface area (Å²) in [6.07, 6.45) is 3.55. The summed E-state index contributed by atoms with van der Waals surface area (Å²) in [4.78, 5) is 25.3. The van der Waals surface area contributed by atoms with Crippen molar-refractivity contribution < 1.29 is 18.5 Å². The van der Waals surface area contributed by atoms with E-state index in [1.807, 2.05) is 0 Å². The number of carbonyl (C=O) groups is 2. The van der Waals surface area contributed by atoms with Crippen LogP contribution in [0.3, 0.4) is 0 Å². The van der Waals surface area contributed by atoms with E-state index < -0.39 is 11.8 Å². The van der Waals surface area contributed by atoms with Gasteiger partial charge in [0, 0.05) is 24.7 Å². The van der Waals surface area contributed by atoms with Crippen molar-refractivity contribution in [2.24, 2.45) is 0 Å². The van der Waals surface area contributed by atoms with Gasteiger partial charge in [-0.15, -0.1) is 0 Å². The Hall–Kier alpha value is -2.96. The topological polar surface area (TPSA) is 75.4 Å². The second-order valence-corrected chi connectivity index (χ2v) is 5.05. The van der Waals surface area contributed by atoms with Gasteiger partial charge in [-0.1, -0.05) is 29.4 Å². The van der Waals surface area contributed by atoms with Crippen molar-refractivity contribution in [2.45, 2.75) is 6.42 Å². The maximum Gasteiger partial charge on any atom is 0.315 e. The molecule has 0 aliphatic carbocycles. The first-order valence-corrected chi connectivity index (χ1v) is 7.10. The van der Waals surface area contributed by atoms with E-state index >= 15 is 0 Å². The molecule has 0 atom stereocenters. The van der Waals surface area contributed by atoms with Crippen LogP contribution in [0.5, 0.6) is 0 Å². The summed E-state index contributed by atoms with van der Waals surface area (Å²) in [5, 5.41) is 5.87. The van der Waals surface area contributed by atoms with Crippen LogP contribution in [0, 0.1) is 5.82 Å². The Morgan fingerprint density at radius 3 is 2.74 bits per heavy atom. The Labute approximate surface area is 131 Å². The summed E-state index contributed by atoms with van der Waals surface area (Å²) in [5.41, 5.74) is 1.37. The number of benzene rings is 1. The Morgan fingerprint density at radius 1 is 1.26 bits per heavy atom. The Bertz CT molecular complexity index is 756. The maximum atomic E-state index is 13.8. The fraction of sp³-hybridized carbons (Fsp3) is 0.188. The molecular formula is C16H14FN3O3. The summed E-state index contributed by atoms with van der Waals surface area (Å²) in [5.74, 6) is -1.54. The van der Waals surface area contributed by atoms with E-state index in [1.54, 1.807) is 24.3 Å². The Morgan fingerprint density at radius 2 is 2.09 bits per heavy atom. The highest BCUT2D eigenvalue weighted by Crippen LogP contribution is 2.24. The molecule has 0 bridgehead atoms. The average Bonchev–Trinajstić information content (AvgIpc) is 3.08. The molecule has 1 aromatic heterocycles. The van der Waals surface area contributed by atoms with Crippen LogP contribution in [0.1, 0.15) is 12.0 Å². The fourth-order valence-corrected chi connectivity index (χ4v) is 2.41. The highest BCUT2D eigenvalue weighted by Gasteiger charge is 2.25. The molecule has 0 saturated heterocycles. The van der Waals surface area contributed by atoms with Crippen molar-refractivity contribution in [1.29, 1.82) is 0 Å². The molecule has 2 heterocycles. The molecule has 0 spiro atoms. The molecule has 0 fully saturated rings. The Kier molecular flexibility index (Phi) is 4.18. The molecular weight excluding hydrogens is 301 g/mol. The molecule has 3 rings (SSSR count). The summed E-state index contributed by atoms with van der Waals surface area (Å²) < 4.78 is 18.3. The molecule has 0 unspecified atom stereocenters. The van der Waals surface area contributed by atoms with E-state index in [0.717, 1.165) is 5.57 Å². The lowest BCUT2D eigenvalue weighted by molar-refractivity contribution is -0.142. The molecule has 7 heteroatoms. The zero-order valence-electron chi connectivity index (χ0n) is 12.2. The maximum absolute atomic E-state index is 13.8. The highest BCUT2D eigenvalue weighted by atomic mass is 19.1. The van der Waals surface area contributed by atoms with Crippen molar-refractivity contribution >= 4 is 23.2 Å². The van der Waals surface area contributed by atoms with Crippen LogP contribution in [-0.2, 0) is 9.59 Å². The van der Waals surface area contributed by atoms with E-state index in [4.69, 9.17) is 0 Å². The predicted molar refractivity (Wildman–Crippen MR) is 80.7 cm³/mol. The van der Waals surface area contributed by atoms with Gasteiger partial charge in [0.2, 0.25) is 0 Å². The third-order valence-electron chi connectivity index (χ3n) is 3.59. The first-order valence-electron chi connectivity index (χ1n) is 7.10. The third kappa shape index (κ3) is 3.28. The van der Waals surface area contributed by atoms with Gasteiger partial charge < -0.3 is 9.42 Å². The van der Waals surface area contributed by atoms with Gasteiger partial charge >= 0.3 is 11.8 Å². The van der Waals surface area contributed by atoms with Crippen molar-refractivity contribution in [3.05, 3.63) is 54.1 Å². The highest BCUT2D eigenvalue weighted by molar-refractivity contribution is 6.39. The number of anilines is 1. The van der Waals surface area contributed by atoms with Crippen LogP contribution in [0.2, 0.25) is 0 Å². The monoisotopic (exact) mass is 315 g/mol. The Balaban J connectivity index is 1.65. The van der Waals surface area contributed by atoms with Gasteiger partial charge in [-0.05, 0) is 18.1 Å². The quantitative estimate of drug-likeness (QED) is 0.861. The van der Waals surface area contributed by atoms with Crippen molar-refractivity contribution in [1.82, 2.24) is 10.1 Å². The molecule has 2 amide bonds. The van der Waals surface area contributed by atoms with Crippen LogP contribution in [0.15, 0.2) is 47.2 Å². The smallest absolute Gasteiger partial charge is 0.315 e. The van der Waals surface area contributed by atoms with Gasteiger partial charge in [0.25, 0.3) is 0 Å². The second kappa shape index (κ2) is 6.43. The minimum Gasteiger partial charge on any atom is -0.363 e. The summed E-state index contributed by atoms with van der Waals surface area (Å²) in [6, 6.07) is 7.95. The first-order chi connectivity index (χ1) is 11.1. The number of amides is 2. The van der Waals surface area contributed by atoms with Crippen LogP contribution in [0.4, 0.5) is 10.2 Å². The second-order valence-electron chi connectivity index (χ2n) is 5.05. The number of hydrogen-bond acceptors (Lipinski definition) is 4. The van der Waals surface area contributed by atoms with Gasteiger partial charge in [0.1, 0.15) is 12.1 Å². The van der Waals surface area contributed by atoms with Gasteiger partial charge in [-0.25, -0.2) is 4.39 Å². The number of nitrogens with one attached hydrogen (secondary N) is 1. The predicted octanol–water partition coefficient (Wildman–Crippen LogP) is 2.07. The SMILES string of the molecule is O=C(Nc1ccon1)C(=O)N1CC=C(c2ccccc2F)CC1. The molecule has 1 N–H and O–H groups in total. The lowest BCUT2D eigenvalue weighted by Gasteiger charge is -2.26. The molecule has 118 valence electrons. The van der Waals surface area contributed by atoms with Crippen molar-refractivity contribution in [3.8, 4) is 0 Å². The largest absolute Gasteiger partial charge is 0.363 e. The third-order valence-corrected chi connectivity index (χ3v) is 3.59. The van der Waals surface area contributed by atoms with Gasteiger partial charge in [-0.2, -0.15) is 0 Å². The van der Waals surface area contributed by atoms with E-state index in [9.17, 15) is 14.0 Å². The number of nitrogens with zero attached hydrogens (tertiary/aromatic N) is 2. The van der Waals surface area contributed by atoms with Crippen LogP contribution >= 0.6 is 0 Å². The minimum atomic E-state index is -0.776. The molecule has 0 radical (unpaired) electrons. The lowest BCUT2D eigenvalue weighted by atomic mass is 9.99.